The number of hydrogen-bond acceptors (Lipinski definition) is 4. The second kappa shape index (κ2) is 6.42. The fourth-order valence-electron chi connectivity index (χ4n) is 2.84. The summed E-state index contributed by atoms with van der Waals surface area (Å²) in [6.45, 7) is 2.32. The topological polar surface area (TPSA) is 35.5 Å². The van der Waals surface area contributed by atoms with E-state index in [0.717, 1.165) is 5.92 Å². The molecule has 1 aliphatic carbocycles. The smallest absolute Gasteiger partial charge is 0.351 e. The molecule has 106 valence electrons. The van der Waals surface area contributed by atoms with Gasteiger partial charge in [-0.15, -0.1) is 11.3 Å². The number of carbonyl (C=O) groups excluding carboxylic acids is 1. The molecular formula is C15H22O3S. The Morgan fingerprint density at radius 1 is 1.32 bits per heavy atom. The number of esters is 1. The zero-order valence-corrected chi connectivity index (χ0v) is 12.7. The van der Waals surface area contributed by atoms with Crippen LogP contribution in [0.15, 0.2) is 6.07 Å². The first-order valence-corrected chi connectivity index (χ1v) is 7.73. The van der Waals surface area contributed by atoms with Gasteiger partial charge in [0.15, 0.2) is 4.88 Å². The van der Waals surface area contributed by atoms with Crippen molar-refractivity contribution >= 4 is 17.3 Å². The van der Waals surface area contributed by atoms with Gasteiger partial charge in [0.05, 0.1) is 14.2 Å². The van der Waals surface area contributed by atoms with E-state index in [2.05, 4.69) is 6.92 Å². The Morgan fingerprint density at radius 2 is 2.05 bits per heavy atom. The van der Waals surface area contributed by atoms with Crippen molar-refractivity contribution in [1.29, 1.82) is 0 Å². The molecule has 1 aromatic heterocycles. The van der Waals surface area contributed by atoms with Gasteiger partial charge < -0.3 is 9.47 Å². The SMILES string of the molecule is COC(=O)c1sc(C2CCCCC(C)C2)cc1OC. The first-order chi connectivity index (χ1) is 9.15. The molecule has 1 aromatic rings. The fraction of sp³-hybridized carbons (Fsp3) is 0.667. The van der Waals surface area contributed by atoms with Crippen LogP contribution in [0, 0.1) is 5.92 Å². The van der Waals surface area contributed by atoms with E-state index in [1.165, 1.54) is 55.4 Å². The van der Waals surface area contributed by atoms with E-state index in [0.29, 0.717) is 16.5 Å². The van der Waals surface area contributed by atoms with E-state index >= 15 is 0 Å². The van der Waals surface area contributed by atoms with Crippen molar-refractivity contribution in [2.75, 3.05) is 14.2 Å². The highest BCUT2D eigenvalue weighted by Crippen LogP contribution is 2.41. The van der Waals surface area contributed by atoms with Gasteiger partial charge in [0.1, 0.15) is 5.75 Å². The molecule has 0 spiro atoms. The maximum atomic E-state index is 11.7. The minimum atomic E-state index is -0.297. The summed E-state index contributed by atoms with van der Waals surface area (Å²) in [6.07, 6.45) is 6.36. The van der Waals surface area contributed by atoms with Crippen molar-refractivity contribution in [3.05, 3.63) is 15.8 Å². The molecular weight excluding hydrogens is 260 g/mol. The zero-order valence-electron chi connectivity index (χ0n) is 11.9. The molecule has 0 radical (unpaired) electrons. The Morgan fingerprint density at radius 3 is 2.74 bits per heavy atom. The minimum absolute atomic E-state index is 0.297. The van der Waals surface area contributed by atoms with Crippen molar-refractivity contribution in [1.82, 2.24) is 0 Å². The molecule has 4 heteroatoms. The van der Waals surface area contributed by atoms with Gasteiger partial charge >= 0.3 is 5.97 Å². The van der Waals surface area contributed by atoms with Crippen LogP contribution in [0.1, 0.15) is 59.5 Å². The lowest BCUT2D eigenvalue weighted by Gasteiger charge is -2.14. The molecule has 1 heterocycles. The van der Waals surface area contributed by atoms with Gasteiger partial charge in [-0.2, -0.15) is 0 Å². The first-order valence-electron chi connectivity index (χ1n) is 6.91. The molecule has 0 saturated heterocycles. The van der Waals surface area contributed by atoms with Crippen molar-refractivity contribution in [3.8, 4) is 5.75 Å². The highest BCUT2D eigenvalue weighted by Gasteiger charge is 2.24. The average molecular weight is 282 g/mol. The van der Waals surface area contributed by atoms with Gasteiger partial charge in [0.25, 0.3) is 0 Å². The lowest BCUT2D eigenvalue weighted by Crippen LogP contribution is -2.00. The lowest BCUT2D eigenvalue weighted by molar-refractivity contribution is 0.0603. The Bertz CT molecular complexity index is 439. The van der Waals surface area contributed by atoms with E-state index in [1.54, 1.807) is 7.11 Å². The number of methoxy groups -OCH3 is 2. The third-order valence-corrected chi connectivity index (χ3v) is 5.16. The molecule has 3 nitrogen and oxygen atoms in total. The maximum absolute atomic E-state index is 11.7. The van der Waals surface area contributed by atoms with Crippen molar-refractivity contribution in [2.24, 2.45) is 5.92 Å². The number of rotatable bonds is 3. The van der Waals surface area contributed by atoms with Crippen molar-refractivity contribution in [2.45, 2.75) is 44.9 Å². The summed E-state index contributed by atoms with van der Waals surface area (Å²) in [6, 6.07) is 2.03. The van der Waals surface area contributed by atoms with Crippen LogP contribution in [0.2, 0.25) is 0 Å². The zero-order chi connectivity index (χ0) is 13.8. The molecule has 1 saturated carbocycles. The summed E-state index contributed by atoms with van der Waals surface area (Å²) in [5, 5.41) is 0. The third kappa shape index (κ3) is 3.30. The summed E-state index contributed by atoms with van der Waals surface area (Å²) >= 11 is 1.54. The number of hydrogen-bond donors (Lipinski definition) is 0. The van der Waals surface area contributed by atoms with Crippen LogP contribution >= 0.6 is 11.3 Å². The highest BCUT2D eigenvalue weighted by molar-refractivity contribution is 7.14. The predicted octanol–water partition coefficient (Wildman–Crippen LogP) is 4.23. The maximum Gasteiger partial charge on any atom is 0.351 e. The predicted molar refractivity (Wildman–Crippen MR) is 77.2 cm³/mol. The Kier molecular flexibility index (Phi) is 4.86. The number of carbonyl (C=O) groups is 1. The summed E-state index contributed by atoms with van der Waals surface area (Å²) in [4.78, 5) is 13.6. The molecule has 19 heavy (non-hydrogen) atoms. The highest BCUT2D eigenvalue weighted by atomic mass is 32.1. The fourth-order valence-corrected chi connectivity index (χ4v) is 4.04. The van der Waals surface area contributed by atoms with Crippen LogP contribution in [0.3, 0.4) is 0 Å². The summed E-state index contributed by atoms with van der Waals surface area (Å²) in [5.41, 5.74) is 0. The first kappa shape index (κ1) is 14.4. The van der Waals surface area contributed by atoms with Gasteiger partial charge in [0, 0.05) is 4.88 Å². The Balaban J connectivity index is 2.24. The molecule has 2 atom stereocenters. The Labute approximate surface area is 118 Å². The molecule has 1 fully saturated rings. The third-order valence-electron chi connectivity index (χ3n) is 3.90. The van der Waals surface area contributed by atoms with Crippen molar-refractivity contribution in [3.63, 3.8) is 0 Å². The van der Waals surface area contributed by atoms with E-state index in [9.17, 15) is 4.79 Å². The average Bonchev–Trinajstić information content (AvgIpc) is 2.74. The van der Waals surface area contributed by atoms with Crippen LogP contribution in [0.4, 0.5) is 0 Å². The summed E-state index contributed by atoms with van der Waals surface area (Å²) in [5.74, 6) is 1.69. The lowest BCUT2D eigenvalue weighted by atomic mass is 9.93. The van der Waals surface area contributed by atoms with Crippen LogP contribution in [0.25, 0.3) is 0 Å². The molecule has 2 unspecified atom stereocenters. The van der Waals surface area contributed by atoms with Crippen LogP contribution in [0.5, 0.6) is 5.75 Å². The van der Waals surface area contributed by atoms with Crippen LogP contribution in [-0.2, 0) is 4.74 Å². The van der Waals surface area contributed by atoms with Gasteiger partial charge in [0.2, 0.25) is 0 Å². The quantitative estimate of drug-likeness (QED) is 0.615. The van der Waals surface area contributed by atoms with Crippen LogP contribution in [-0.4, -0.2) is 20.2 Å². The molecule has 2 rings (SSSR count). The van der Waals surface area contributed by atoms with Crippen LogP contribution < -0.4 is 4.74 Å². The largest absolute Gasteiger partial charge is 0.495 e. The second-order valence-electron chi connectivity index (χ2n) is 5.36. The van der Waals surface area contributed by atoms with E-state index in [-0.39, 0.29) is 5.97 Å². The molecule has 0 aromatic carbocycles. The molecule has 0 bridgehead atoms. The number of ether oxygens (including phenoxy) is 2. The normalized spacial score (nSPS) is 23.7. The van der Waals surface area contributed by atoms with Gasteiger partial charge in [-0.1, -0.05) is 26.2 Å². The van der Waals surface area contributed by atoms with E-state index in [1.807, 2.05) is 6.07 Å². The standard InChI is InChI=1S/C15H22O3S/c1-10-6-4-5-7-11(8-10)13-9-12(17-2)14(19-13)15(16)18-3/h9-11H,4-8H2,1-3H3. The molecule has 1 aliphatic rings. The van der Waals surface area contributed by atoms with Crippen molar-refractivity contribution < 1.29 is 14.3 Å². The summed E-state index contributed by atoms with van der Waals surface area (Å²) in [7, 11) is 3.02. The second-order valence-corrected chi connectivity index (χ2v) is 6.44. The monoisotopic (exact) mass is 282 g/mol. The Hall–Kier alpha value is -1.03. The van der Waals surface area contributed by atoms with Gasteiger partial charge in [-0.3, -0.25) is 0 Å². The number of thiophene rings is 1. The van der Waals surface area contributed by atoms with Gasteiger partial charge in [-0.25, -0.2) is 4.79 Å². The molecule has 0 amide bonds. The van der Waals surface area contributed by atoms with Gasteiger partial charge in [-0.05, 0) is 30.7 Å². The minimum Gasteiger partial charge on any atom is -0.495 e. The summed E-state index contributed by atoms with van der Waals surface area (Å²) < 4.78 is 10.1. The molecule has 0 aliphatic heterocycles. The van der Waals surface area contributed by atoms with E-state index in [4.69, 9.17) is 9.47 Å². The molecule has 0 N–H and O–H groups in total. The van der Waals surface area contributed by atoms with E-state index < -0.39 is 0 Å².